The minimum Gasteiger partial charge on any atom is -0.461 e. The van der Waals surface area contributed by atoms with Gasteiger partial charge in [0.1, 0.15) is 11.1 Å². The van der Waals surface area contributed by atoms with E-state index in [1.54, 1.807) is 19.1 Å². The first-order chi connectivity index (χ1) is 11.1. The molecule has 0 spiro atoms. The first-order valence-corrected chi connectivity index (χ1v) is 8.26. The molecule has 0 unspecified atom stereocenters. The monoisotopic (exact) mass is 371 g/mol. The minimum absolute atomic E-state index is 0.00972. The molecule has 0 heterocycles. The van der Waals surface area contributed by atoms with E-state index >= 15 is 0 Å². The summed E-state index contributed by atoms with van der Waals surface area (Å²) in [7, 11) is 0. The van der Waals surface area contributed by atoms with Crippen molar-refractivity contribution in [1.29, 1.82) is 0 Å². The molecule has 24 heavy (non-hydrogen) atoms. The van der Waals surface area contributed by atoms with E-state index in [0.717, 1.165) is 5.56 Å². The highest BCUT2D eigenvalue weighted by molar-refractivity contribution is 6.55. The molecule has 2 rings (SSSR count). The van der Waals surface area contributed by atoms with Gasteiger partial charge in [0.25, 0.3) is 5.69 Å². The number of carbonyl (C=O) groups is 1. The molecule has 0 aromatic heterocycles. The van der Waals surface area contributed by atoms with Crippen LogP contribution in [0.15, 0.2) is 22.7 Å². The van der Waals surface area contributed by atoms with Crippen molar-refractivity contribution >= 4 is 34.9 Å². The van der Waals surface area contributed by atoms with Crippen LogP contribution in [-0.2, 0) is 16.1 Å². The molecule has 2 atom stereocenters. The van der Waals surface area contributed by atoms with Crippen molar-refractivity contribution in [3.63, 3.8) is 0 Å². The molecule has 130 valence electrons. The van der Waals surface area contributed by atoms with Gasteiger partial charge in [-0.25, -0.2) is 0 Å². The number of carbonyl (C=O) groups excluding carboxylic acids is 1. The van der Waals surface area contributed by atoms with Gasteiger partial charge >= 0.3 is 5.97 Å². The number of ether oxygens (including phenoxy) is 1. The number of nitro benzene ring substituents is 1. The van der Waals surface area contributed by atoms with Crippen molar-refractivity contribution in [1.82, 2.24) is 0 Å². The fourth-order valence-corrected chi connectivity index (χ4v) is 3.38. The molecule has 1 aromatic rings. The van der Waals surface area contributed by atoms with E-state index in [0.29, 0.717) is 11.1 Å². The Hall–Kier alpha value is -1.59. The van der Waals surface area contributed by atoms with Crippen LogP contribution in [0.2, 0.25) is 0 Å². The molecular formula is C17H19Cl2NO4. The molecule has 0 amide bonds. The summed E-state index contributed by atoms with van der Waals surface area (Å²) in [5.74, 6) is -0.729. The van der Waals surface area contributed by atoms with Crippen molar-refractivity contribution in [2.75, 3.05) is 0 Å². The maximum Gasteiger partial charge on any atom is 0.310 e. The molecule has 0 aliphatic heterocycles. The molecule has 0 saturated heterocycles. The minimum atomic E-state index is -0.437. The first-order valence-electron chi connectivity index (χ1n) is 7.50. The number of rotatable bonds is 5. The maximum absolute atomic E-state index is 12.4. The predicted octanol–water partition coefficient (Wildman–Crippen LogP) is 4.85. The van der Waals surface area contributed by atoms with Gasteiger partial charge in [0.2, 0.25) is 0 Å². The van der Waals surface area contributed by atoms with E-state index in [4.69, 9.17) is 27.9 Å². The average molecular weight is 372 g/mol. The Morgan fingerprint density at radius 3 is 2.54 bits per heavy atom. The number of allylic oxidation sites excluding steroid dienone is 1. The van der Waals surface area contributed by atoms with Crippen LogP contribution < -0.4 is 0 Å². The van der Waals surface area contributed by atoms with Crippen LogP contribution in [0.3, 0.4) is 0 Å². The number of nitrogens with zero attached hydrogens (tertiary/aromatic N) is 1. The van der Waals surface area contributed by atoms with Gasteiger partial charge in [0.15, 0.2) is 0 Å². The van der Waals surface area contributed by atoms with E-state index in [1.165, 1.54) is 6.07 Å². The van der Waals surface area contributed by atoms with Gasteiger partial charge in [-0.2, -0.15) is 0 Å². The fourth-order valence-electron chi connectivity index (χ4n) is 3.11. The van der Waals surface area contributed by atoms with E-state index in [1.807, 2.05) is 20.8 Å². The maximum atomic E-state index is 12.4. The second-order valence-electron chi connectivity index (χ2n) is 6.65. The molecule has 5 nitrogen and oxygen atoms in total. The molecule has 1 fully saturated rings. The van der Waals surface area contributed by atoms with Crippen molar-refractivity contribution in [3.05, 3.63) is 49.5 Å². The summed E-state index contributed by atoms with van der Waals surface area (Å²) in [6.07, 6.45) is 1.65. The van der Waals surface area contributed by atoms with Gasteiger partial charge in [0, 0.05) is 17.2 Å². The van der Waals surface area contributed by atoms with Gasteiger partial charge in [-0.15, -0.1) is 0 Å². The van der Waals surface area contributed by atoms with Crippen molar-refractivity contribution in [2.24, 2.45) is 17.3 Å². The third kappa shape index (κ3) is 3.57. The summed E-state index contributed by atoms with van der Waals surface area (Å²) in [6, 6.07) is 3.12. The number of hydrogen-bond donors (Lipinski definition) is 0. The summed E-state index contributed by atoms with van der Waals surface area (Å²) in [5.41, 5.74) is 1.79. The van der Waals surface area contributed by atoms with Gasteiger partial charge in [-0.1, -0.05) is 43.1 Å². The van der Waals surface area contributed by atoms with Crippen LogP contribution >= 0.6 is 23.2 Å². The van der Waals surface area contributed by atoms with E-state index < -0.39 is 4.92 Å². The zero-order chi connectivity index (χ0) is 18.2. The normalized spacial score (nSPS) is 21.1. The topological polar surface area (TPSA) is 69.4 Å². The third-order valence-corrected chi connectivity index (χ3v) is 5.08. The Bertz CT molecular complexity index is 724. The number of benzene rings is 1. The van der Waals surface area contributed by atoms with E-state index in [9.17, 15) is 14.9 Å². The second kappa shape index (κ2) is 6.73. The summed E-state index contributed by atoms with van der Waals surface area (Å²) in [5, 5.41) is 11.0. The molecule has 7 heteroatoms. The smallest absolute Gasteiger partial charge is 0.310 e. The highest BCUT2D eigenvalue weighted by Crippen LogP contribution is 2.60. The highest BCUT2D eigenvalue weighted by Gasteiger charge is 2.61. The lowest BCUT2D eigenvalue weighted by Gasteiger charge is -2.11. The zero-order valence-corrected chi connectivity index (χ0v) is 15.4. The fraction of sp³-hybridized carbons (Fsp3) is 0.471. The van der Waals surface area contributed by atoms with Crippen LogP contribution in [-0.4, -0.2) is 10.9 Å². The van der Waals surface area contributed by atoms with Gasteiger partial charge in [-0.3, -0.25) is 14.9 Å². The van der Waals surface area contributed by atoms with Crippen LogP contribution in [0, 0.1) is 41.2 Å². The molecule has 0 radical (unpaired) electrons. The SMILES string of the molecule is Cc1ccc([N+](=O)[O-])c(C)c1COC(=O)[C@@H]1[C@H](C=C(Cl)Cl)C1(C)C. The number of esters is 1. The highest BCUT2D eigenvalue weighted by atomic mass is 35.5. The molecule has 0 N–H and O–H groups in total. The zero-order valence-electron chi connectivity index (χ0n) is 13.9. The summed E-state index contributed by atoms with van der Waals surface area (Å²) in [6.45, 7) is 7.39. The Balaban J connectivity index is 2.12. The third-order valence-electron chi connectivity index (χ3n) is 4.83. The van der Waals surface area contributed by atoms with Crippen molar-refractivity contribution in [3.8, 4) is 0 Å². The van der Waals surface area contributed by atoms with Crippen LogP contribution in [0.1, 0.15) is 30.5 Å². The summed E-state index contributed by atoms with van der Waals surface area (Å²) >= 11 is 11.4. The Morgan fingerprint density at radius 2 is 2.00 bits per heavy atom. The number of hydrogen-bond acceptors (Lipinski definition) is 4. The Kier molecular flexibility index (Phi) is 5.25. The summed E-state index contributed by atoms with van der Waals surface area (Å²) in [4.78, 5) is 23.0. The van der Waals surface area contributed by atoms with Crippen LogP contribution in [0.5, 0.6) is 0 Å². The predicted molar refractivity (Wildman–Crippen MR) is 92.9 cm³/mol. The molecular weight excluding hydrogens is 353 g/mol. The van der Waals surface area contributed by atoms with Crippen LogP contribution in [0.4, 0.5) is 5.69 Å². The van der Waals surface area contributed by atoms with Crippen molar-refractivity contribution < 1.29 is 14.5 Å². The molecule has 1 aromatic carbocycles. The quantitative estimate of drug-likeness (QED) is 0.421. The average Bonchev–Trinajstić information content (AvgIpc) is 2.98. The molecule has 0 bridgehead atoms. The van der Waals surface area contributed by atoms with Gasteiger partial charge in [-0.05, 0) is 36.8 Å². The number of halogens is 2. The number of aryl methyl sites for hydroxylation is 1. The molecule has 1 saturated carbocycles. The van der Waals surface area contributed by atoms with E-state index in [-0.39, 0.29) is 40.0 Å². The lowest BCUT2D eigenvalue weighted by molar-refractivity contribution is -0.385. The van der Waals surface area contributed by atoms with Gasteiger partial charge < -0.3 is 4.74 Å². The van der Waals surface area contributed by atoms with E-state index in [2.05, 4.69) is 0 Å². The standard InChI is InChI=1S/C17H19Cl2NO4/c1-9-5-6-13(20(22)23)10(2)11(9)8-24-16(21)15-12(7-14(18)19)17(15,3)4/h5-7,12,15H,8H2,1-4H3/t12-,15-/m0/s1. The summed E-state index contributed by atoms with van der Waals surface area (Å²) < 4.78 is 5.55. The largest absolute Gasteiger partial charge is 0.461 e. The first kappa shape index (κ1) is 18.7. The molecule has 1 aliphatic carbocycles. The number of nitro groups is 1. The Morgan fingerprint density at radius 1 is 1.38 bits per heavy atom. The Labute approximate surface area is 150 Å². The lowest BCUT2D eigenvalue weighted by atomic mass is 10.0. The van der Waals surface area contributed by atoms with Crippen LogP contribution in [0.25, 0.3) is 0 Å². The van der Waals surface area contributed by atoms with Crippen molar-refractivity contribution in [2.45, 2.75) is 34.3 Å². The second-order valence-corrected chi connectivity index (χ2v) is 7.66. The van der Waals surface area contributed by atoms with Gasteiger partial charge in [0.05, 0.1) is 10.8 Å². The lowest BCUT2D eigenvalue weighted by Crippen LogP contribution is -2.12. The molecule has 1 aliphatic rings.